The summed E-state index contributed by atoms with van der Waals surface area (Å²) in [5.41, 5.74) is 22.8. The van der Waals surface area contributed by atoms with Crippen molar-refractivity contribution in [3.05, 3.63) is 278 Å². The number of benzene rings is 11. The third-order valence-electron chi connectivity index (χ3n) is 14.4. The molecule has 1 heterocycles. The van der Waals surface area contributed by atoms with E-state index in [1.165, 1.54) is 100 Å². The van der Waals surface area contributed by atoms with Crippen LogP contribution in [-0.4, -0.2) is 0 Å². The number of anilines is 6. The van der Waals surface area contributed by atoms with Gasteiger partial charge in [0.05, 0.1) is 17.1 Å². The third kappa shape index (κ3) is 6.41. The van der Waals surface area contributed by atoms with E-state index in [0.717, 1.165) is 17.1 Å². The molecule has 1 unspecified atom stereocenters. The molecular weight excluding hydrogens is 821 g/mol. The van der Waals surface area contributed by atoms with E-state index in [-0.39, 0.29) is 5.41 Å². The Morgan fingerprint density at radius 2 is 0.779 bits per heavy atom. The molecule has 0 aromatic heterocycles. The molecule has 1 atom stereocenters. The maximum atomic E-state index is 2.55. The van der Waals surface area contributed by atoms with Crippen molar-refractivity contribution in [1.29, 1.82) is 0 Å². The Labute approximate surface area is 398 Å². The molecule has 1 aliphatic carbocycles. The minimum absolute atomic E-state index is 0.369. The van der Waals surface area contributed by atoms with Gasteiger partial charge in [0.2, 0.25) is 0 Å². The Morgan fingerprint density at radius 1 is 0.309 bits per heavy atom. The maximum absolute atomic E-state index is 2.55. The second kappa shape index (κ2) is 16.0. The van der Waals surface area contributed by atoms with Crippen molar-refractivity contribution < 1.29 is 0 Å². The molecule has 2 nitrogen and oxygen atoms in total. The molecule has 1 aliphatic heterocycles. The highest BCUT2D eigenvalue weighted by Gasteiger charge is 2.48. The monoisotopic (exact) mass is 866 g/mol. The topological polar surface area (TPSA) is 6.48 Å². The van der Waals surface area contributed by atoms with Gasteiger partial charge in [-0.2, -0.15) is 0 Å². The summed E-state index contributed by atoms with van der Waals surface area (Å²) in [6.45, 7) is 2.45. The van der Waals surface area contributed by atoms with Crippen molar-refractivity contribution in [3.63, 3.8) is 0 Å². The van der Waals surface area contributed by atoms with Crippen molar-refractivity contribution in [2.75, 3.05) is 9.80 Å². The van der Waals surface area contributed by atoms with Gasteiger partial charge in [-0.25, -0.2) is 0 Å². The lowest BCUT2D eigenvalue weighted by Crippen LogP contribution is -2.32. The van der Waals surface area contributed by atoms with Crippen LogP contribution < -0.4 is 9.80 Å². The summed E-state index contributed by atoms with van der Waals surface area (Å²) in [7, 11) is 0. The van der Waals surface area contributed by atoms with Crippen LogP contribution in [-0.2, 0) is 5.41 Å². The Hall–Kier alpha value is -8.72. The summed E-state index contributed by atoms with van der Waals surface area (Å²) in [5, 5.41) is 2.45. The van der Waals surface area contributed by atoms with Gasteiger partial charge in [0.1, 0.15) is 0 Å². The van der Waals surface area contributed by atoms with Crippen LogP contribution >= 0.6 is 0 Å². The zero-order chi connectivity index (χ0) is 45.2. The van der Waals surface area contributed by atoms with E-state index in [9.17, 15) is 0 Å². The fraction of sp³-hybridized carbons (Fsp3) is 0.0303. The van der Waals surface area contributed by atoms with E-state index in [4.69, 9.17) is 0 Å². The molecule has 0 N–H and O–H groups in total. The van der Waals surface area contributed by atoms with Crippen LogP contribution in [0.15, 0.2) is 261 Å². The molecule has 13 rings (SSSR count). The predicted octanol–water partition coefficient (Wildman–Crippen LogP) is 18.1. The van der Waals surface area contributed by atoms with Crippen LogP contribution in [0, 0.1) is 0 Å². The van der Waals surface area contributed by atoms with E-state index in [1.54, 1.807) is 0 Å². The van der Waals surface area contributed by atoms with Gasteiger partial charge in [0.25, 0.3) is 0 Å². The average molecular weight is 867 g/mol. The third-order valence-corrected chi connectivity index (χ3v) is 14.4. The lowest BCUT2D eigenvalue weighted by atomic mass is 9.70. The molecule has 0 radical (unpaired) electrons. The van der Waals surface area contributed by atoms with Crippen LogP contribution in [0.5, 0.6) is 0 Å². The van der Waals surface area contributed by atoms with Crippen molar-refractivity contribution in [1.82, 2.24) is 0 Å². The highest BCUT2D eigenvalue weighted by Crippen LogP contribution is 2.63. The van der Waals surface area contributed by atoms with Crippen LogP contribution in [0.2, 0.25) is 0 Å². The standard InChI is InChI=1S/C66H46N2/c1-66-60-26-14-13-24-58(60)59-25-15-27-63(65(59)66)68(64-44-53(47-20-9-4-10-21-47)42-52-22-11-12-23-57(52)64)62-41-34-51(43-61(62)66)50-32-39-56(40-33-50)67(54-35-28-48(29-36-54)45-16-5-2-6-17-45)55-37-30-49(31-38-55)46-18-7-3-8-19-46/h2-44H,1H3. The van der Waals surface area contributed by atoms with E-state index in [0.29, 0.717) is 0 Å². The zero-order valence-corrected chi connectivity index (χ0v) is 37.7. The van der Waals surface area contributed by atoms with E-state index >= 15 is 0 Å². The van der Waals surface area contributed by atoms with Crippen LogP contribution in [0.3, 0.4) is 0 Å². The summed E-state index contributed by atoms with van der Waals surface area (Å²) >= 11 is 0. The van der Waals surface area contributed by atoms with Gasteiger partial charge in [0, 0.05) is 27.9 Å². The van der Waals surface area contributed by atoms with Gasteiger partial charge in [-0.05, 0) is 151 Å². The number of hydrogen-bond acceptors (Lipinski definition) is 2. The molecule has 68 heavy (non-hydrogen) atoms. The molecule has 0 amide bonds. The Bertz CT molecular complexity index is 3570. The summed E-state index contributed by atoms with van der Waals surface area (Å²) in [5.74, 6) is 0. The molecule has 2 aliphatic rings. The molecule has 0 saturated heterocycles. The molecule has 11 aromatic rings. The van der Waals surface area contributed by atoms with Gasteiger partial charge in [-0.1, -0.05) is 194 Å². The number of nitrogens with zero attached hydrogens (tertiary/aromatic N) is 2. The Morgan fingerprint density at radius 3 is 1.38 bits per heavy atom. The lowest BCUT2D eigenvalue weighted by Gasteiger charge is -2.43. The molecule has 2 heteroatoms. The first-order valence-corrected chi connectivity index (χ1v) is 23.6. The maximum Gasteiger partial charge on any atom is 0.0546 e. The highest BCUT2D eigenvalue weighted by molar-refractivity contribution is 6.06. The molecular formula is C66H46N2. The van der Waals surface area contributed by atoms with Crippen molar-refractivity contribution in [2.24, 2.45) is 0 Å². The molecule has 0 fully saturated rings. The minimum atomic E-state index is -0.369. The smallest absolute Gasteiger partial charge is 0.0546 e. The first-order chi connectivity index (χ1) is 33.6. The Kier molecular flexibility index (Phi) is 9.33. The quantitative estimate of drug-likeness (QED) is 0.150. The van der Waals surface area contributed by atoms with Gasteiger partial charge < -0.3 is 9.80 Å². The zero-order valence-electron chi connectivity index (χ0n) is 37.7. The van der Waals surface area contributed by atoms with Gasteiger partial charge in [-0.3, -0.25) is 0 Å². The van der Waals surface area contributed by atoms with Crippen molar-refractivity contribution in [3.8, 4) is 55.6 Å². The molecule has 0 bridgehead atoms. The minimum Gasteiger partial charge on any atom is -0.311 e. The number of fused-ring (bicyclic) bond motifs is 6. The lowest BCUT2D eigenvalue weighted by molar-refractivity contribution is 0.702. The SMILES string of the molecule is CC12c3ccccc3-c3cccc(c31)N(c1cc(-c3ccccc3)cc3ccccc13)c1ccc(-c3ccc(N(c4ccc(-c5ccccc5)cc4)c4ccc(-c5ccccc5)cc4)cc3)cc12. The normalized spacial score (nSPS) is 14.3. The fourth-order valence-corrected chi connectivity index (χ4v) is 11.1. The predicted molar refractivity (Wildman–Crippen MR) is 286 cm³/mol. The molecule has 0 spiro atoms. The van der Waals surface area contributed by atoms with Crippen molar-refractivity contribution >= 4 is 44.9 Å². The Balaban J connectivity index is 0.945. The van der Waals surface area contributed by atoms with E-state index in [2.05, 4.69) is 278 Å². The second-order valence-electron chi connectivity index (χ2n) is 18.2. The summed E-state index contributed by atoms with van der Waals surface area (Å²) in [6.07, 6.45) is 0. The summed E-state index contributed by atoms with van der Waals surface area (Å²) in [6, 6.07) is 95.7. The highest BCUT2D eigenvalue weighted by atomic mass is 15.2. The average Bonchev–Trinajstić information content (AvgIpc) is 3.69. The summed E-state index contributed by atoms with van der Waals surface area (Å²) < 4.78 is 0. The molecule has 11 aromatic carbocycles. The van der Waals surface area contributed by atoms with Gasteiger partial charge in [-0.15, -0.1) is 0 Å². The largest absolute Gasteiger partial charge is 0.311 e. The van der Waals surface area contributed by atoms with Crippen molar-refractivity contribution in [2.45, 2.75) is 12.3 Å². The summed E-state index contributed by atoms with van der Waals surface area (Å²) in [4.78, 5) is 4.91. The number of rotatable bonds is 8. The van der Waals surface area contributed by atoms with Crippen LogP contribution in [0.4, 0.5) is 34.1 Å². The van der Waals surface area contributed by atoms with E-state index in [1.807, 2.05) is 0 Å². The van der Waals surface area contributed by atoms with Crippen LogP contribution in [0.25, 0.3) is 66.4 Å². The second-order valence-corrected chi connectivity index (χ2v) is 18.2. The van der Waals surface area contributed by atoms with E-state index < -0.39 is 0 Å². The molecule has 0 saturated carbocycles. The molecule has 320 valence electrons. The fourth-order valence-electron chi connectivity index (χ4n) is 11.1. The van der Waals surface area contributed by atoms with Gasteiger partial charge >= 0.3 is 0 Å². The number of hydrogen-bond donors (Lipinski definition) is 0. The first kappa shape index (κ1) is 39.6. The van der Waals surface area contributed by atoms with Gasteiger partial charge in [0.15, 0.2) is 0 Å². The first-order valence-electron chi connectivity index (χ1n) is 23.6. The van der Waals surface area contributed by atoms with Crippen LogP contribution in [0.1, 0.15) is 23.6 Å².